The van der Waals surface area contributed by atoms with E-state index in [1.807, 2.05) is 0 Å². The van der Waals surface area contributed by atoms with E-state index in [9.17, 15) is 0 Å². The summed E-state index contributed by atoms with van der Waals surface area (Å²) in [6.45, 7) is 0. The van der Waals surface area contributed by atoms with Crippen molar-refractivity contribution >= 4 is 79.3 Å². The summed E-state index contributed by atoms with van der Waals surface area (Å²) in [6.07, 6.45) is 0. The third kappa shape index (κ3) is 2.70. The van der Waals surface area contributed by atoms with E-state index in [0.717, 1.165) is 10.5 Å². The minimum Gasteiger partial charge on any atom is -0.465 e. The van der Waals surface area contributed by atoms with Crippen LogP contribution in [0.3, 0.4) is 0 Å². The molecular formula is C26H20OSi2. The Morgan fingerprint density at radius 1 is 0.483 bits per heavy atom. The Labute approximate surface area is 174 Å². The molecule has 0 N–H and O–H groups in total. The zero-order chi connectivity index (χ0) is 19.4. The van der Waals surface area contributed by atoms with Crippen LogP contribution in [0.2, 0.25) is 0 Å². The zero-order valence-electron chi connectivity index (χ0n) is 16.3. The molecule has 0 aliphatic rings. The summed E-state index contributed by atoms with van der Waals surface area (Å²) >= 11 is 0. The van der Waals surface area contributed by atoms with Gasteiger partial charge in [0.1, 0.15) is 10.5 Å². The lowest BCUT2D eigenvalue weighted by molar-refractivity contribution is 0.677. The minimum atomic E-state index is -0.636. The Morgan fingerprint density at radius 2 is 1.03 bits per heavy atom. The van der Waals surface area contributed by atoms with Gasteiger partial charge in [-0.15, -0.1) is 0 Å². The van der Waals surface area contributed by atoms with E-state index in [4.69, 9.17) is 4.12 Å². The highest BCUT2D eigenvalue weighted by Crippen LogP contribution is 2.33. The molecule has 6 aromatic carbocycles. The fourth-order valence-corrected chi connectivity index (χ4v) is 6.56. The van der Waals surface area contributed by atoms with Gasteiger partial charge < -0.3 is 4.12 Å². The summed E-state index contributed by atoms with van der Waals surface area (Å²) in [6, 6.07) is 33.8. The maximum atomic E-state index is 5.71. The van der Waals surface area contributed by atoms with Gasteiger partial charge in [0.15, 0.2) is 9.76 Å². The molecule has 0 bridgehead atoms. The second-order valence-corrected chi connectivity index (χ2v) is 11.2. The predicted molar refractivity (Wildman–Crippen MR) is 133 cm³/mol. The standard InChI is InChI=1S/C26H20OSi2/c28-27-29-26-7-3-6-18-12-19-8-9-20-13-21-10-16-4-1-2-5-17(16)11-22(21)14-23(20)24(19)15-25(18)26/h1-15H,29H2,28H3. The molecule has 29 heavy (non-hydrogen) atoms. The molecule has 6 rings (SSSR count). The molecule has 0 radical (unpaired) electrons. The van der Waals surface area contributed by atoms with Crippen LogP contribution in [0.15, 0.2) is 91.0 Å². The van der Waals surface area contributed by atoms with Crippen LogP contribution in [-0.4, -0.2) is 20.2 Å². The summed E-state index contributed by atoms with van der Waals surface area (Å²) in [4.78, 5) is 0. The van der Waals surface area contributed by atoms with Gasteiger partial charge >= 0.3 is 0 Å². The van der Waals surface area contributed by atoms with Crippen LogP contribution in [0.5, 0.6) is 0 Å². The van der Waals surface area contributed by atoms with Crippen LogP contribution < -0.4 is 5.19 Å². The summed E-state index contributed by atoms with van der Waals surface area (Å²) < 4.78 is 5.71. The summed E-state index contributed by atoms with van der Waals surface area (Å²) in [5, 5.41) is 14.5. The number of hydrogen-bond acceptors (Lipinski definition) is 1. The molecule has 3 heteroatoms. The maximum absolute atomic E-state index is 5.71. The van der Waals surface area contributed by atoms with Gasteiger partial charge in [-0.05, 0) is 95.4 Å². The molecule has 0 spiro atoms. The highest BCUT2D eigenvalue weighted by molar-refractivity contribution is 6.54. The monoisotopic (exact) mass is 404 g/mol. The highest BCUT2D eigenvalue weighted by atomic mass is 28.3. The van der Waals surface area contributed by atoms with Crippen LogP contribution in [0, 0.1) is 0 Å². The van der Waals surface area contributed by atoms with E-state index in [1.165, 1.54) is 59.0 Å². The lowest BCUT2D eigenvalue weighted by atomic mass is 9.95. The fourth-order valence-electron chi connectivity index (χ4n) is 4.62. The fraction of sp³-hybridized carbons (Fsp3) is 0. The largest absolute Gasteiger partial charge is 0.465 e. The Hall–Kier alpha value is -2.99. The number of benzene rings is 6. The lowest BCUT2D eigenvalue weighted by Crippen LogP contribution is -2.17. The molecule has 0 atom stereocenters. The van der Waals surface area contributed by atoms with E-state index in [0.29, 0.717) is 0 Å². The van der Waals surface area contributed by atoms with E-state index in [2.05, 4.69) is 91.0 Å². The molecule has 1 nitrogen and oxygen atoms in total. The van der Waals surface area contributed by atoms with Crippen molar-refractivity contribution in [3.05, 3.63) is 91.0 Å². The van der Waals surface area contributed by atoms with Crippen molar-refractivity contribution < 1.29 is 4.12 Å². The normalized spacial score (nSPS) is 12.4. The topological polar surface area (TPSA) is 9.23 Å². The van der Waals surface area contributed by atoms with Gasteiger partial charge in [-0.25, -0.2) is 0 Å². The average molecular weight is 405 g/mol. The first kappa shape index (κ1) is 16.9. The van der Waals surface area contributed by atoms with Gasteiger partial charge in [-0.2, -0.15) is 0 Å². The zero-order valence-corrected chi connectivity index (χ0v) is 19.7. The first-order valence-corrected chi connectivity index (χ1v) is 12.1. The minimum absolute atomic E-state index is 0.636. The number of hydrogen-bond donors (Lipinski definition) is 0. The first-order valence-electron chi connectivity index (χ1n) is 10.00. The molecule has 0 unspecified atom stereocenters. The molecule has 138 valence electrons. The van der Waals surface area contributed by atoms with Gasteiger partial charge in [0.05, 0.1) is 0 Å². The molecule has 0 aliphatic carbocycles. The van der Waals surface area contributed by atoms with Gasteiger partial charge in [0.2, 0.25) is 0 Å². The molecule has 0 fully saturated rings. The van der Waals surface area contributed by atoms with Gasteiger partial charge in [-0.1, -0.05) is 54.6 Å². The van der Waals surface area contributed by atoms with Crippen molar-refractivity contribution in [2.45, 2.75) is 0 Å². The Kier molecular flexibility index (Phi) is 3.81. The van der Waals surface area contributed by atoms with Crippen molar-refractivity contribution in [2.75, 3.05) is 0 Å². The second-order valence-electron chi connectivity index (χ2n) is 7.83. The van der Waals surface area contributed by atoms with E-state index in [-0.39, 0.29) is 0 Å². The van der Waals surface area contributed by atoms with Gasteiger partial charge in [0.25, 0.3) is 0 Å². The van der Waals surface area contributed by atoms with Gasteiger partial charge in [-0.3, -0.25) is 0 Å². The highest BCUT2D eigenvalue weighted by Gasteiger charge is 2.08. The average Bonchev–Trinajstić information content (AvgIpc) is 2.75. The van der Waals surface area contributed by atoms with Crippen LogP contribution in [0.4, 0.5) is 0 Å². The molecular weight excluding hydrogens is 384 g/mol. The van der Waals surface area contributed by atoms with Crippen molar-refractivity contribution in [3.8, 4) is 0 Å². The third-order valence-corrected chi connectivity index (χ3v) is 8.13. The Morgan fingerprint density at radius 3 is 1.76 bits per heavy atom. The molecule has 0 aromatic heterocycles. The molecule has 0 aliphatic heterocycles. The summed E-state index contributed by atoms with van der Waals surface area (Å²) in [5.41, 5.74) is 0. The third-order valence-electron chi connectivity index (χ3n) is 6.05. The molecule has 0 saturated heterocycles. The maximum Gasteiger partial charge on any atom is 0.178 e. The lowest BCUT2D eigenvalue weighted by Gasteiger charge is -2.11. The van der Waals surface area contributed by atoms with Crippen molar-refractivity contribution in [2.24, 2.45) is 0 Å². The van der Waals surface area contributed by atoms with E-state index < -0.39 is 9.76 Å². The van der Waals surface area contributed by atoms with Crippen LogP contribution >= 0.6 is 0 Å². The smallest absolute Gasteiger partial charge is 0.178 e. The quantitative estimate of drug-likeness (QED) is 0.235. The SMILES string of the molecule is [SiH3]O[SiH2]c1cccc2cc3ccc4cc5cc6ccccc6cc5cc4c3cc12. The summed E-state index contributed by atoms with van der Waals surface area (Å²) in [7, 11) is 0.180. The van der Waals surface area contributed by atoms with Crippen LogP contribution in [0.1, 0.15) is 0 Å². The van der Waals surface area contributed by atoms with Crippen molar-refractivity contribution in [3.63, 3.8) is 0 Å². The number of rotatable bonds is 2. The Balaban J connectivity index is 1.72. The Bertz CT molecular complexity index is 1570. The predicted octanol–water partition coefficient (Wildman–Crippen LogP) is 4.46. The van der Waals surface area contributed by atoms with E-state index in [1.54, 1.807) is 0 Å². The molecule has 0 heterocycles. The second kappa shape index (κ2) is 6.53. The summed E-state index contributed by atoms with van der Waals surface area (Å²) in [5.74, 6) is 0. The molecule has 0 amide bonds. The first-order chi connectivity index (χ1) is 14.3. The van der Waals surface area contributed by atoms with Crippen LogP contribution in [0.25, 0.3) is 53.9 Å². The van der Waals surface area contributed by atoms with E-state index >= 15 is 0 Å². The molecule has 6 aromatic rings. The van der Waals surface area contributed by atoms with Crippen molar-refractivity contribution in [1.29, 1.82) is 0 Å². The van der Waals surface area contributed by atoms with Gasteiger partial charge in [0, 0.05) is 0 Å². The van der Waals surface area contributed by atoms with Crippen LogP contribution in [-0.2, 0) is 4.12 Å². The number of fused-ring (bicyclic) bond motifs is 6. The van der Waals surface area contributed by atoms with Crippen molar-refractivity contribution in [1.82, 2.24) is 0 Å². The molecule has 0 saturated carbocycles.